The molecular weight excluding hydrogens is 262 g/mol. The number of hydrogen-bond acceptors (Lipinski definition) is 3. The van der Waals surface area contributed by atoms with Gasteiger partial charge in [-0.15, -0.1) is 0 Å². The van der Waals surface area contributed by atoms with Gasteiger partial charge in [0, 0.05) is 26.2 Å². The number of piperidine rings is 1. The number of nitrogens with zero attached hydrogens (tertiary/aromatic N) is 1. The van der Waals surface area contributed by atoms with Crippen LogP contribution in [0, 0.1) is 5.92 Å². The molecule has 0 atom stereocenters. The third-order valence-electron chi connectivity index (χ3n) is 4.08. The fraction of sp³-hybridized carbons (Fsp3) is 0.667. The first-order valence-corrected chi connectivity index (χ1v) is 8.14. The van der Waals surface area contributed by atoms with E-state index in [1.807, 2.05) is 12.1 Å². The van der Waals surface area contributed by atoms with Crippen LogP contribution in [0.5, 0.6) is 5.75 Å². The highest BCUT2D eigenvalue weighted by Crippen LogP contribution is 2.16. The Hall–Kier alpha value is -1.06. The molecule has 21 heavy (non-hydrogen) atoms. The molecule has 1 heterocycles. The molecule has 0 bridgehead atoms. The number of methoxy groups -OCH3 is 1. The van der Waals surface area contributed by atoms with Crippen molar-refractivity contribution in [2.75, 3.05) is 33.4 Å². The van der Waals surface area contributed by atoms with E-state index in [2.05, 4.69) is 30.9 Å². The number of benzene rings is 1. The molecule has 0 aromatic heterocycles. The average Bonchev–Trinajstić information content (AvgIpc) is 2.52. The molecule has 1 fully saturated rings. The molecule has 1 aliphatic rings. The molecule has 0 saturated carbocycles. The van der Waals surface area contributed by atoms with E-state index in [4.69, 9.17) is 9.47 Å². The van der Waals surface area contributed by atoms with Crippen LogP contribution in [-0.4, -0.2) is 44.4 Å². The van der Waals surface area contributed by atoms with E-state index >= 15 is 0 Å². The minimum atomic E-state index is 0.477. The predicted molar refractivity (Wildman–Crippen MR) is 87.0 cm³/mol. The summed E-state index contributed by atoms with van der Waals surface area (Å²) in [6, 6.07) is 8.41. The van der Waals surface area contributed by atoms with Crippen molar-refractivity contribution in [2.24, 2.45) is 5.92 Å². The summed E-state index contributed by atoms with van der Waals surface area (Å²) in [5, 5.41) is 0. The van der Waals surface area contributed by atoms with Crippen molar-refractivity contribution in [3.63, 3.8) is 0 Å². The van der Waals surface area contributed by atoms with E-state index in [0.717, 1.165) is 25.3 Å². The third kappa shape index (κ3) is 5.68. The molecule has 1 aromatic rings. The molecular formula is C18H29NO2. The Labute approximate surface area is 129 Å². The molecule has 1 saturated heterocycles. The van der Waals surface area contributed by atoms with Crippen molar-refractivity contribution in [1.29, 1.82) is 0 Å². The van der Waals surface area contributed by atoms with Gasteiger partial charge in [-0.25, -0.2) is 0 Å². The Morgan fingerprint density at radius 3 is 2.38 bits per heavy atom. The van der Waals surface area contributed by atoms with Gasteiger partial charge < -0.3 is 14.4 Å². The molecule has 0 unspecified atom stereocenters. The molecule has 0 amide bonds. The Morgan fingerprint density at radius 1 is 1.14 bits per heavy atom. The zero-order valence-corrected chi connectivity index (χ0v) is 13.7. The van der Waals surface area contributed by atoms with Crippen molar-refractivity contribution in [3.05, 3.63) is 29.8 Å². The van der Waals surface area contributed by atoms with Gasteiger partial charge in [0.2, 0.25) is 0 Å². The first-order chi connectivity index (χ1) is 10.2. The van der Waals surface area contributed by atoms with Crippen LogP contribution in [0.15, 0.2) is 24.3 Å². The second-order valence-corrected chi connectivity index (χ2v) is 6.37. The lowest BCUT2D eigenvalue weighted by Gasteiger charge is -2.32. The standard InChI is InChI=1S/C18H29NO2/c1-15(2)14-21-18-9-12-19(13-10-18)11-8-16-4-6-17(20-3)7-5-16/h4-7,15,18H,8-14H2,1-3H3. The molecule has 0 radical (unpaired) electrons. The SMILES string of the molecule is COc1ccc(CCN2CCC(OCC(C)C)CC2)cc1. The molecule has 2 rings (SSSR count). The first-order valence-electron chi connectivity index (χ1n) is 8.14. The van der Waals surface area contributed by atoms with Crippen LogP contribution in [0.1, 0.15) is 32.3 Å². The third-order valence-corrected chi connectivity index (χ3v) is 4.08. The van der Waals surface area contributed by atoms with E-state index in [9.17, 15) is 0 Å². The smallest absolute Gasteiger partial charge is 0.118 e. The summed E-state index contributed by atoms with van der Waals surface area (Å²) in [5.41, 5.74) is 1.38. The molecule has 1 aliphatic heterocycles. The Morgan fingerprint density at radius 2 is 1.81 bits per heavy atom. The van der Waals surface area contributed by atoms with Crippen LogP contribution in [0.4, 0.5) is 0 Å². The topological polar surface area (TPSA) is 21.7 Å². The summed E-state index contributed by atoms with van der Waals surface area (Å²) >= 11 is 0. The van der Waals surface area contributed by atoms with Crippen molar-refractivity contribution < 1.29 is 9.47 Å². The van der Waals surface area contributed by atoms with Crippen LogP contribution in [0.25, 0.3) is 0 Å². The summed E-state index contributed by atoms with van der Waals surface area (Å²) in [4.78, 5) is 2.56. The summed E-state index contributed by atoms with van der Waals surface area (Å²) in [5.74, 6) is 1.57. The normalized spacial score (nSPS) is 17.3. The van der Waals surface area contributed by atoms with Crippen LogP contribution < -0.4 is 4.74 Å². The second kappa shape index (κ2) is 8.40. The number of rotatable bonds is 7. The number of ether oxygens (including phenoxy) is 2. The van der Waals surface area contributed by atoms with Crippen molar-refractivity contribution in [2.45, 2.75) is 39.2 Å². The Kier molecular flexibility index (Phi) is 6.52. The minimum Gasteiger partial charge on any atom is -0.497 e. The van der Waals surface area contributed by atoms with Gasteiger partial charge in [0.15, 0.2) is 0 Å². The van der Waals surface area contributed by atoms with Gasteiger partial charge in [-0.2, -0.15) is 0 Å². The van der Waals surface area contributed by atoms with Gasteiger partial charge in [-0.05, 0) is 42.9 Å². The molecule has 118 valence electrons. The number of likely N-dealkylation sites (tertiary alicyclic amines) is 1. The summed E-state index contributed by atoms with van der Waals surface area (Å²) < 4.78 is 11.1. The second-order valence-electron chi connectivity index (χ2n) is 6.37. The fourth-order valence-corrected chi connectivity index (χ4v) is 2.71. The van der Waals surface area contributed by atoms with Gasteiger partial charge in [0.1, 0.15) is 5.75 Å². The summed E-state index contributed by atoms with van der Waals surface area (Å²) in [6.45, 7) is 8.80. The molecule has 3 heteroatoms. The number of hydrogen-bond donors (Lipinski definition) is 0. The molecule has 0 N–H and O–H groups in total. The molecule has 0 spiro atoms. The van der Waals surface area contributed by atoms with E-state index < -0.39 is 0 Å². The predicted octanol–water partition coefficient (Wildman–Crippen LogP) is 3.37. The minimum absolute atomic E-state index is 0.477. The van der Waals surface area contributed by atoms with Crippen LogP contribution in [0.3, 0.4) is 0 Å². The summed E-state index contributed by atoms with van der Waals surface area (Å²) in [7, 11) is 1.71. The van der Waals surface area contributed by atoms with Gasteiger partial charge >= 0.3 is 0 Å². The van der Waals surface area contributed by atoms with Gasteiger partial charge in [0.25, 0.3) is 0 Å². The van der Waals surface area contributed by atoms with E-state index in [0.29, 0.717) is 12.0 Å². The molecule has 1 aromatic carbocycles. The lowest BCUT2D eigenvalue weighted by Crippen LogP contribution is -2.38. The zero-order valence-electron chi connectivity index (χ0n) is 13.7. The fourth-order valence-electron chi connectivity index (χ4n) is 2.71. The zero-order chi connectivity index (χ0) is 15.1. The quantitative estimate of drug-likeness (QED) is 0.769. The lowest BCUT2D eigenvalue weighted by atomic mass is 10.1. The molecule has 3 nitrogen and oxygen atoms in total. The van der Waals surface area contributed by atoms with Crippen molar-refractivity contribution in [3.8, 4) is 5.75 Å². The highest BCUT2D eigenvalue weighted by Gasteiger charge is 2.19. The maximum Gasteiger partial charge on any atom is 0.118 e. The molecule has 0 aliphatic carbocycles. The summed E-state index contributed by atoms with van der Waals surface area (Å²) in [6.07, 6.45) is 3.94. The van der Waals surface area contributed by atoms with E-state index in [1.165, 1.54) is 31.5 Å². The van der Waals surface area contributed by atoms with E-state index in [1.54, 1.807) is 7.11 Å². The largest absolute Gasteiger partial charge is 0.497 e. The monoisotopic (exact) mass is 291 g/mol. The Balaban J connectivity index is 1.66. The lowest BCUT2D eigenvalue weighted by molar-refractivity contribution is -0.00418. The van der Waals surface area contributed by atoms with Crippen LogP contribution in [-0.2, 0) is 11.2 Å². The van der Waals surface area contributed by atoms with Gasteiger partial charge in [-0.3, -0.25) is 0 Å². The average molecular weight is 291 g/mol. The van der Waals surface area contributed by atoms with Gasteiger partial charge in [-0.1, -0.05) is 26.0 Å². The van der Waals surface area contributed by atoms with Crippen LogP contribution >= 0.6 is 0 Å². The van der Waals surface area contributed by atoms with Crippen molar-refractivity contribution >= 4 is 0 Å². The Bertz CT molecular complexity index is 394. The highest BCUT2D eigenvalue weighted by atomic mass is 16.5. The highest BCUT2D eigenvalue weighted by molar-refractivity contribution is 5.27. The first kappa shape index (κ1) is 16.3. The maximum absolute atomic E-state index is 5.94. The maximum atomic E-state index is 5.94. The van der Waals surface area contributed by atoms with Gasteiger partial charge in [0.05, 0.1) is 13.2 Å². The van der Waals surface area contributed by atoms with Crippen molar-refractivity contribution in [1.82, 2.24) is 4.90 Å². The van der Waals surface area contributed by atoms with E-state index in [-0.39, 0.29) is 0 Å². The van der Waals surface area contributed by atoms with Crippen LogP contribution in [0.2, 0.25) is 0 Å².